The van der Waals surface area contributed by atoms with Crippen LogP contribution in [0.15, 0.2) is 29.6 Å². The lowest BCUT2D eigenvalue weighted by atomic mass is 9.98. The summed E-state index contributed by atoms with van der Waals surface area (Å²) < 4.78 is 16.9. The van der Waals surface area contributed by atoms with Gasteiger partial charge in [-0.15, -0.1) is 11.3 Å². The van der Waals surface area contributed by atoms with Gasteiger partial charge in [-0.2, -0.15) is 0 Å². The predicted molar refractivity (Wildman–Crippen MR) is 97.4 cm³/mol. The average molecular weight is 396 g/mol. The highest BCUT2D eigenvalue weighted by atomic mass is 35.5. The lowest BCUT2D eigenvalue weighted by molar-refractivity contribution is -0.0810. The average Bonchev–Trinajstić information content (AvgIpc) is 3.11. The molecule has 0 bridgehead atoms. The van der Waals surface area contributed by atoms with Gasteiger partial charge in [0.2, 0.25) is 0 Å². The van der Waals surface area contributed by atoms with Crippen molar-refractivity contribution < 1.29 is 24.1 Å². The number of ether oxygens (including phenoxy) is 3. The maximum Gasteiger partial charge on any atom is 0.268 e. The van der Waals surface area contributed by atoms with Crippen molar-refractivity contribution in [1.29, 1.82) is 0 Å². The topological polar surface area (TPSA) is 68.2 Å². The highest BCUT2D eigenvalue weighted by Crippen LogP contribution is 2.42. The summed E-state index contributed by atoms with van der Waals surface area (Å²) >= 11 is 7.67. The van der Waals surface area contributed by atoms with E-state index in [1.165, 1.54) is 11.3 Å². The molecule has 1 fully saturated rings. The molecule has 138 valence electrons. The number of morpholine rings is 1. The molecule has 2 aliphatic heterocycles. The molecule has 26 heavy (non-hydrogen) atoms. The van der Waals surface area contributed by atoms with Crippen molar-refractivity contribution in [2.75, 3.05) is 33.0 Å². The van der Waals surface area contributed by atoms with E-state index in [1.807, 2.05) is 18.2 Å². The van der Waals surface area contributed by atoms with Gasteiger partial charge in [-0.05, 0) is 11.6 Å². The second-order valence-corrected chi connectivity index (χ2v) is 7.30. The van der Waals surface area contributed by atoms with Crippen molar-refractivity contribution >= 4 is 28.8 Å². The number of aliphatic hydroxyl groups excluding tert-OH is 1. The zero-order chi connectivity index (χ0) is 18.1. The van der Waals surface area contributed by atoms with Gasteiger partial charge in [0.25, 0.3) is 5.91 Å². The molecule has 1 aromatic heterocycles. The minimum Gasteiger partial charge on any atom is -0.485 e. The van der Waals surface area contributed by atoms with Crippen LogP contribution in [0.3, 0.4) is 0 Å². The molecular formula is C18H18ClNO5S. The van der Waals surface area contributed by atoms with E-state index in [2.05, 4.69) is 0 Å². The van der Waals surface area contributed by atoms with Gasteiger partial charge in [0.1, 0.15) is 24.2 Å². The quantitative estimate of drug-likeness (QED) is 0.865. The van der Waals surface area contributed by atoms with Crippen molar-refractivity contribution in [3.8, 4) is 11.5 Å². The van der Waals surface area contributed by atoms with Gasteiger partial charge in [-0.1, -0.05) is 29.8 Å². The van der Waals surface area contributed by atoms with E-state index in [0.717, 1.165) is 5.56 Å². The van der Waals surface area contributed by atoms with Crippen molar-refractivity contribution in [2.24, 2.45) is 0 Å². The SMILES string of the molecule is O=C(c1scc2c1OCCO2)N1CCO[C@@H](CO)[C@@H]1c1ccccc1Cl. The number of fused-ring (bicyclic) bond motifs is 1. The Labute approximate surface area is 159 Å². The lowest BCUT2D eigenvalue weighted by Crippen LogP contribution is -2.49. The van der Waals surface area contributed by atoms with E-state index < -0.39 is 12.1 Å². The number of carbonyl (C=O) groups excluding carboxylic acids is 1. The fourth-order valence-corrected chi connectivity index (χ4v) is 4.47. The molecule has 2 atom stereocenters. The number of nitrogens with zero attached hydrogens (tertiary/aromatic N) is 1. The first-order valence-corrected chi connectivity index (χ1v) is 9.61. The van der Waals surface area contributed by atoms with Crippen LogP contribution in [0.4, 0.5) is 0 Å². The van der Waals surface area contributed by atoms with Crippen LogP contribution in [-0.4, -0.2) is 55.0 Å². The van der Waals surface area contributed by atoms with Crippen LogP contribution >= 0.6 is 22.9 Å². The molecule has 2 aliphatic rings. The van der Waals surface area contributed by atoms with Gasteiger partial charge in [-0.3, -0.25) is 4.79 Å². The van der Waals surface area contributed by atoms with Crippen molar-refractivity contribution in [3.63, 3.8) is 0 Å². The first-order chi connectivity index (χ1) is 12.7. The molecule has 0 radical (unpaired) electrons. The smallest absolute Gasteiger partial charge is 0.268 e. The van der Waals surface area contributed by atoms with E-state index in [4.69, 9.17) is 25.8 Å². The first kappa shape index (κ1) is 17.6. The summed E-state index contributed by atoms with van der Waals surface area (Å²) in [5.74, 6) is 0.926. The van der Waals surface area contributed by atoms with Crippen LogP contribution in [0.5, 0.6) is 11.5 Å². The number of halogens is 1. The Morgan fingerprint density at radius 1 is 1.27 bits per heavy atom. The Morgan fingerprint density at radius 2 is 2.08 bits per heavy atom. The van der Waals surface area contributed by atoms with Gasteiger partial charge in [0.15, 0.2) is 11.5 Å². The third-order valence-corrected chi connectivity index (χ3v) is 5.78. The zero-order valence-corrected chi connectivity index (χ0v) is 15.5. The summed E-state index contributed by atoms with van der Waals surface area (Å²) in [6.07, 6.45) is -0.541. The molecule has 0 unspecified atom stereocenters. The lowest BCUT2D eigenvalue weighted by Gasteiger charge is -2.41. The highest BCUT2D eigenvalue weighted by Gasteiger charge is 2.39. The van der Waals surface area contributed by atoms with E-state index in [9.17, 15) is 9.90 Å². The number of hydrogen-bond acceptors (Lipinski definition) is 6. The van der Waals surface area contributed by atoms with Gasteiger partial charge in [0.05, 0.1) is 19.3 Å². The molecule has 3 heterocycles. The van der Waals surface area contributed by atoms with Crippen LogP contribution < -0.4 is 9.47 Å². The summed E-state index contributed by atoms with van der Waals surface area (Å²) in [4.78, 5) is 15.5. The monoisotopic (exact) mass is 395 g/mol. The fourth-order valence-electron chi connectivity index (χ4n) is 3.34. The molecule has 1 N–H and O–H groups in total. The summed E-state index contributed by atoms with van der Waals surface area (Å²) in [7, 11) is 0. The Balaban J connectivity index is 1.72. The molecule has 2 aromatic rings. The Kier molecular flexibility index (Phi) is 5.04. The molecule has 1 amide bonds. The predicted octanol–water partition coefficient (Wildman–Crippen LogP) is 2.75. The van der Waals surface area contributed by atoms with Gasteiger partial charge < -0.3 is 24.2 Å². The highest BCUT2D eigenvalue weighted by molar-refractivity contribution is 7.12. The molecule has 1 aromatic carbocycles. The summed E-state index contributed by atoms with van der Waals surface area (Å²) in [6, 6.07) is 6.84. The van der Waals surface area contributed by atoms with E-state index in [1.54, 1.807) is 16.3 Å². The molecular weight excluding hydrogens is 378 g/mol. The Bertz CT molecular complexity index is 811. The van der Waals surface area contributed by atoms with Crippen LogP contribution in [0, 0.1) is 0 Å². The molecule has 8 heteroatoms. The number of benzene rings is 1. The summed E-state index contributed by atoms with van der Waals surface area (Å²) in [6.45, 7) is 1.44. The van der Waals surface area contributed by atoms with Crippen molar-refractivity contribution in [1.82, 2.24) is 4.90 Å². The largest absolute Gasteiger partial charge is 0.485 e. The minimum atomic E-state index is -0.541. The van der Waals surface area contributed by atoms with Gasteiger partial charge in [0, 0.05) is 16.9 Å². The number of amides is 1. The standard InChI is InChI=1S/C18H18ClNO5S/c19-12-4-2-1-3-11(12)15-13(9-21)23-6-5-20(15)18(22)17-16-14(10-26-17)24-7-8-25-16/h1-4,10,13,15,21H,5-9H2/t13-,15-/m0/s1. The zero-order valence-electron chi connectivity index (χ0n) is 13.9. The Morgan fingerprint density at radius 3 is 2.88 bits per heavy atom. The number of carbonyl (C=O) groups is 1. The molecule has 0 aliphatic carbocycles. The van der Waals surface area contributed by atoms with E-state index in [-0.39, 0.29) is 12.5 Å². The van der Waals surface area contributed by atoms with Crippen LogP contribution in [-0.2, 0) is 4.74 Å². The van der Waals surface area contributed by atoms with E-state index >= 15 is 0 Å². The summed E-state index contributed by atoms with van der Waals surface area (Å²) in [5.41, 5.74) is 0.754. The van der Waals surface area contributed by atoms with Gasteiger partial charge in [-0.25, -0.2) is 0 Å². The first-order valence-electron chi connectivity index (χ1n) is 8.35. The number of rotatable bonds is 3. The van der Waals surface area contributed by atoms with Crippen LogP contribution in [0.25, 0.3) is 0 Å². The molecule has 1 saturated heterocycles. The van der Waals surface area contributed by atoms with Gasteiger partial charge >= 0.3 is 0 Å². The molecule has 0 saturated carbocycles. The maximum atomic E-state index is 13.3. The number of hydrogen-bond donors (Lipinski definition) is 1. The second kappa shape index (κ2) is 7.44. The van der Waals surface area contributed by atoms with Crippen molar-refractivity contribution in [3.05, 3.63) is 45.1 Å². The minimum absolute atomic E-state index is 0.173. The molecule has 0 spiro atoms. The number of aliphatic hydroxyl groups is 1. The number of thiophene rings is 1. The van der Waals surface area contributed by atoms with Crippen molar-refractivity contribution in [2.45, 2.75) is 12.1 Å². The third kappa shape index (κ3) is 3.05. The second-order valence-electron chi connectivity index (χ2n) is 6.01. The van der Waals surface area contributed by atoms with Crippen LogP contribution in [0.1, 0.15) is 21.3 Å². The molecule has 4 rings (SSSR count). The molecule has 6 nitrogen and oxygen atoms in total. The normalized spacial score (nSPS) is 22.3. The fraction of sp³-hybridized carbons (Fsp3) is 0.389. The Hall–Kier alpha value is -1.80. The van der Waals surface area contributed by atoms with E-state index in [0.29, 0.717) is 47.8 Å². The maximum absolute atomic E-state index is 13.3. The third-order valence-electron chi connectivity index (χ3n) is 4.51. The van der Waals surface area contributed by atoms with Crippen LogP contribution in [0.2, 0.25) is 5.02 Å². The summed E-state index contributed by atoms with van der Waals surface area (Å²) in [5, 5.41) is 12.1.